The Morgan fingerprint density at radius 1 is 0.957 bits per heavy atom. The first-order valence-corrected chi connectivity index (χ1v) is 7.81. The smallest absolute Gasteiger partial charge is 0.159 e. The fourth-order valence-electron chi connectivity index (χ4n) is 2.59. The van der Waals surface area contributed by atoms with Gasteiger partial charge in [-0.25, -0.2) is 4.39 Å². The van der Waals surface area contributed by atoms with Crippen molar-refractivity contribution in [3.05, 3.63) is 66.0 Å². The van der Waals surface area contributed by atoms with Crippen molar-refractivity contribution < 1.29 is 4.39 Å². The quantitative estimate of drug-likeness (QED) is 0.537. The third-order valence-electron chi connectivity index (χ3n) is 3.98. The van der Waals surface area contributed by atoms with Crippen molar-refractivity contribution in [3.63, 3.8) is 0 Å². The number of hydrogen-bond donors (Lipinski definition) is 1. The maximum atomic E-state index is 14.3. The molecule has 0 spiro atoms. The van der Waals surface area contributed by atoms with E-state index in [1.165, 1.54) is 6.07 Å². The van der Waals surface area contributed by atoms with Gasteiger partial charge in [-0.05, 0) is 31.3 Å². The Labute approximate surface area is 136 Å². The average Bonchev–Trinajstić information content (AvgIpc) is 2.59. The highest BCUT2D eigenvalue weighted by atomic mass is 19.1. The second kappa shape index (κ2) is 7.24. The lowest BCUT2D eigenvalue weighted by atomic mass is 10.1. The Morgan fingerprint density at radius 2 is 1.61 bits per heavy atom. The van der Waals surface area contributed by atoms with Crippen molar-refractivity contribution in [1.29, 1.82) is 0 Å². The summed E-state index contributed by atoms with van der Waals surface area (Å²) < 4.78 is 14.3. The molecule has 1 fully saturated rings. The predicted octanol–water partition coefficient (Wildman–Crippen LogP) is 2.85. The Hall–Kier alpha value is -2.40. The summed E-state index contributed by atoms with van der Waals surface area (Å²) in [5.41, 5.74) is 4.46. The molecule has 2 aromatic carbocycles. The predicted molar refractivity (Wildman–Crippen MR) is 92.1 cm³/mol. The number of anilines is 1. The molecule has 0 atom stereocenters. The van der Waals surface area contributed by atoms with Gasteiger partial charge in [0.05, 0.1) is 11.3 Å². The maximum absolute atomic E-state index is 14.3. The number of hydrazone groups is 1. The lowest BCUT2D eigenvalue weighted by Gasteiger charge is -2.34. The van der Waals surface area contributed by atoms with Gasteiger partial charge in [-0.3, -0.25) is 5.43 Å². The van der Waals surface area contributed by atoms with Crippen LogP contribution in [0.3, 0.4) is 0 Å². The molecule has 1 aliphatic rings. The van der Waals surface area contributed by atoms with Crippen molar-refractivity contribution in [2.24, 2.45) is 5.10 Å². The van der Waals surface area contributed by atoms with E-state index in [-0.39, 0.29) is 5.82 Å². The minimum Gasteiger partial charge on any atom is -0.352 e. The van der Waals surface area contributed by atoms with E-state index in [2.05, 4.69) is 27.4 Å². The number of benzene rings is 2. The zero-order chi connectivity index (χ0) is 16.1. The van der Waals surface area contributed by atoms with Gasteiger partial charge in [0, 0.05) is 26.2 Å². The standard InChI is InChI=1S/C18H21FN4/c1-22-11-13-23(14-12-22)18(16-9-5-6-10-17(16)19)21-20-15-7-3-2-4-8-15/h2-10,20H,11-14H2,1H3. The highest BCUT2D eigenvalue weighted by Gasteiger charge is 2.21. The summed E-state index contributed by atoms with van der Waals surface area (Å²) in [5.74, 6) is 0.403. The van der Waals surface area contributed by atoms with E-state index in [4.69, 9.17) is 0 Å². The molecule has 0 aliphatic carbocycles. The van der Waals surface area contributed by atoms with Crippen LogP contribution < -0.4 is 5.43 Å². The minimum atomic E-state index is -0.250. The number of piperazine rings is 1. The molecule has 0 radical (unpaired) electrons. The molecule has 0 saturated carbocycles. The van der Waals surface area contributed by atoms with Crippen LogP contribution >= 0.6 is 0 Å². The van der Waals surface area contributed by atoms with Crippen LogP contribution in [-0.4, -0.2) is 48.9 Å². The van der Waals surface area contributed by atoms with Gasteiger partial charge in [-0.1, -0.05) is 30.3 Å². The van der Waals surface area contributed by atoms with Crippen LogP contribution in [0, 0.1) is 5.82 Å². The van der Waals surface area contributed by atoms with Gasteiger partial charge in [-0.2, -0.15) is 5.10 Å². The largest absolute Gasteiger partial charge is 0.352 e. The summed E-state index contributed by atoms with van der Waals surface area (Å²) in [6, 6.07) is 16.5. The van der Waals surface area contributed by atoms with Gasteiger partial charge < -0.3 is 9.80 Å². The lowest BCUT2D eigenvalue weighted by molar-refractivity contribution is 0.215. The molecule has 2 aromatic rings. The zero-order valence-corrected chi connectivity index (χ0v) is 13.2. The van der Waals surface area contributed by atoms with E-state index in [0.717, 1.165) is 31.9 Å². The van der Waals surface area contributed by atoms with Crippen LogP contribution in [0.4, 0.5) is 10.1 Å². The second-order valence-electron chi connectivity index (χ2n) is 5.68. The van der Waals surface area contributed by atoms with Gasteiger partial charge in [0.2, 0.25) is 0 Å². The number of rotatable bonds is 3. The molecule has 23 heavy (non-hydrogen) atoms. The van der Waals surface area contributed by atoms with Gasteiger partial charge in [0.15, 0.2) is 5.84 Å². The molecular weight excluding hydrogens is 291 g/mol. The Kier molecular flexibility index (Phi) is 4.88. The van der Waals surface area contributed by atoms with E-state index in [1.54, 1.807) is 12.1 Å². The van der Waals surface area contributed by atoms with Crippen LogP contribution in [-0.2, 0) is 0 Å². The normalized spacial score (nSPS) is 16.4. The van der Waals surface area contributed by atoms with E-state index in [9.17, 15) is 4.39 Å². The SMILES string of the molecule is CN1CCN(C(=NNc2ccccc2)c2ccccc2F)CC1. The molecule has 1 heterocycles. The van der Waals surface area contributed by atoms with Crippen molar-refractivity contribution in [1.82, 2.24) is 9.80 Å². The van der Waals surface area contributed by atoms with Crippen molar-refractivity contribution >= 4 is 11.5 Å². The second-order valence-corrected chi connectivity index (χ2v) is 5.68. The summed E-state index contributed by atoms with van der Waals surface area (Å²) >= 11 is 0. The minimum absolute atomic E-state index is 0.250. The zero-order valence-electron chi connectivity index (χ0n) is 13.2. The molecule has 1 saturated heterocycles. The molecule has 0 unspecified atom stereocenters. The summed E-state index contributed by atoms with van der Waals surface area (Å²) in [6.07, 6.45) is 0. The third kappa shape index (κ3) is 3.87. The first-order valence-electron chi connectivity index (χ1n) is 7.81. The van der Waals surface area contributed by atoms with Crippen LogP contribution in [0.25, 0.3) is 0 Å². The van der Waals surface area contributed by atoms with E-state index in [1.807, 2.05) is 36.4 Å². The molecular formula is C18H21FN4. The summed E-state index contributed by atoms with van der Waals surface area (Å²) in [4.78, 5) is 4.40. The highest BCUT2D eigenvalue weighted by Crippen LogP contribution is 2.14. The topological polar surface area (TPSA) is 30.9 Å². The fraction of sp³-hybridized carbons (Fsp3) is 0.278. The van der Waals surface area contributed by atoms with Crippen molar-refractivity contribution in [3.8, 4) is 0 Å². The van der Waals surface area contributed by atoms with E-state index in [0.29, 0.717) is 11.4 Å². The number of hydrogen-bond acceptors (Lipinski definition) is 3. The van der Waals surface area contributed by atoms with Gasteiger partial charge in [-0.15, -0.1) is 0 Å². The number of nitrogens with zero attached hydrogens (tertiary/aromatic N) is 3. The molecule has 0 aromatic heterocycles. The number of para-hydroxylation sites is 1. The first-order chi connectivity index (χ1) is 11.2. The lowest BCUT2D eigenvalue weighted by Crippen LogP contribution is -2.47. The van der Waals surface area contributed by atoms with Gasteiger partial charge >= 0.3 is 0 Å². The maximum Gasteiger partial charge on any atom is 0.159 e. The molecule has 120 valence electrons. The fourth-order valence-corrected chi connectivity index (χ4v) is 2.59. The van der Waals surface area contributed by atoms with Gasteiger partial charge in [0.1, 0.15) is 5.82 Å². The van der Waals surface area contributed by atoms with Gasteiger partial charge in [0.25, 0.3) is 0 Å². The molecule has 0 bridgehead atoms. The molecule has 3 rings (SSSR count). The molecule has 5 heteroatoms. The Morgan fingerprint density at radius 3 is 2.30 bits per heavy atom. The monoisotopic (exact) mass is 312 g/mol. The van der Waals surface area contributed by atoms with E-state index < -0.39 is 0 Å². The van der Waals surface area contributed by atoms with Crippen LogP contribution in [0.5, 0.6) is 0 Å². The number of nitrogens with one attached hydrogen (secondary N) is 1. The molecule has 1 N–H and O–H groups in total. The Balaban J connectivity index is 1.88. The molecule has 1 aliphatic heterocycles. The first kappa shape index (κ1) is 15.5. The number of halogens is 1. The van der Waals surface area contributed by atoms with Crippen LogP contribution in [0.15, 0.2) is 59.7 Å². The van der Waals surface area contributed by atoms with Crippen molar-refractivity contribution in [2.45, 2.75) is 0 Å². The molecule has 4 nitrogen and oxygen atoms in total. The number of likely N-dealkylation sites (N-methyl/N-ethyl adjacent to an activating group) is 1. The summed E-state index contributed by atoms with van der Waals surface area (Å²) in [5, 5.41) is 4.51. The van der Waals surface area contributed by atoms with Crippen LogP contribution in [0.2, 0.25) is 0 Å². The summed E-state index contributed by atoms with van der Waals surface area (Å²) in [6.45, 7) is 3.55. The highest BCUT2D eigenvalue weighted by molar-refractivity contribution is 5.99. The average molecular weight is 312 g/mol. The van der Waals surface area contributed by atoms with Crippen molar-refractivity contribution in [2.75, 3.05) is 38.7 Å². The molecule has 0 amide bonds. The van der Waals surface area contributed by atoms with Crippen LogP contribution in [0.1, 0.15) is 5.56 Å². The Bertz CT molecular complexity index is 664. The van der Waals surface area contributed by atoms with E-state index >= 15 is 0 Å². The number of amidine groups is 1. The summed E-state index contributed by atoms with van der Waals surface area (Å²) in [7, 11) is 2.10. The third-order valence-corrected chi connectivity index (χ3v) is 3.98.